The van der Waals surface area contributed by atoms with Crippen LogP contribution in [0.25, 0.3) is 0 Å². The van der Waals surface area contributed by atoms with Crippen LogP contribution in [-0.2, 0) is 4.79 Å². The number of hydrogen-bond acceptors (Lipinski definition) is 4. The number of carboxylic acid groups (broad SMARTS) is 1. The Balaban J connectivity index is 2.13. The second-order valence-electron chi connectivity index (χ2n) is 5.05. The number of rotatable bonds is 4. The highest BCUT2D eigenvalue weighted by Gasteiger charge is 2.44. The van der Waals surface area contributed by atoms with E-state index in [2.05, 4.69) is 5.32 Å². The number of carboxylic acids is 1. The predicted octanol–water partition coefficient (Wildman–Crippen LogP) is 1.16. The molecule has 19 heavy (non-hydrogen) atoms. The average molecular weight is 264 g/mol. The van der Waals surface area contributed by atoms with Crippen molar-refractivity contribution in [3.8, 4) is 5.75 Å². The van der Waals surface area contributed by atoms with Crippen LogP contribution in [0.4, 0.5) is 5.69 Å². The molecule has 1 fully saturated rings. The summed E-state index contributed by atoms with van der Waals surface area (Å²) < 4.78 is 0. The smallest absolute Gasteiger partial charge is 0.339 e. The lowest BCUT2D eigenvalue weighted by molar-refractivity contribution is -0.121. The summed E-state index contributed by atoms with van der Waals surface area (Å²) in [6.45, 7) is 1.67. The molecule has 1 aromatic rings. The van der Waals surface area contributed by atoms with E-state index in [1.807, 2.05) is 0 Å². The molecule has 102 valence electrons. The lowest BCUT2D eigenvalue weighted by Gasteiger charge is -2.23. The third-order valence-electron chi connectivity index (χ3n) is 3.40. The second-order valence-corrected chi connectivity index (χ2v) is 5.05. The molecule has 1 amide bonds. The number of anilines is 1. The average Bonchev–Trinajstić information content (AvgIpc) is 3.12. The molecular weight excluding hydrogens is 248 g/mol. The summed E-state index contributed by atoms with van der Waals surface area (Å²) in [7, 11) is 0. The van der Waals surface area contributed by atoms with E-state index in [9.17, 15) is 14.7 Å². The van der Waals surface area contributed by atoms with Gasteiger partial charge in [-0.25, -0.2) is 4.79 Å². The van der Waals surface area contributed by atoms with Crippen LogP contribution in [0.2, 0.25) is 0 Å². The van der Waals surface area contributed by atoms with E-state index >= 15 is 0 Å². The van der Waals surface area contributed by atoms with E-state index in [-0.39, 0.29) is 17.4 Å². The predicted molar refractivity (Wildman–Crippen MR) is 69.0 cm³/mol. The Kier molecular flexibility index (Phi) is 3.20. The highest BCUT2D eigenvalue weighted by atomic mass is 16.4. The zero-order chi connectivity index (χ0) is 14.2. The van der Waals surface area contributed by atoms with Gasteiger partial charge in [-0.3, -0.25) is 4.79 Å². The molecule has 0 aliphatic heterocycles. The summed E-state index contributed by atoms with van der Waals surface area (Å²) in [5.41, 5.74) is 5.13. The van der Waals surface area contributed by atoms with Crippen LogP contribution in [0.5, 0.6) is 5.75 Å². The summed E-state index contributed by atoms with van der Waals surface area (Å²) >= 11 is 0. The first-order chi connectivity index (χ1) is 8.82. The van der Waals surface area contributed by atoms with Gasteiger partial charge in [0.25, 0.3) is 0 Å². The van der Waals surface area contributed by atoms with Crippen molar-refractivity contribution in [1.82, 2.24) is 0 Å². The number of benzene rings is 1. The van der Waals surface area contributed by atoms with E-state index in [1.165, 1.54) is 18.2 Å². The molecule has 0 saturated heterocycles. The maximum Gasteiger partial charge on any atom is 0.339 e. The van der Waals surface area contributed by atoms with E-state index in [4.69, 9.17) is 10.8 Å². The number of amides is 1. The molecule has 0 spiro atoms. The maximum atomic E-state index is 12.0. The standard InChI is InChI=1S/C13H16N2O4/c1-13(14,7-2-3-7)12(19)15-8-4-5-9(11(17)18)10(16)6-8/h4-7,16H,2-3,14H2,1H3,(H,15,19)(H,17,18). The van der Waals surface area contributed by atoms with Crippen molar-refractivity contribution in [2.45, 2.75) is 25.3 Å². The van der Waals surface area contributed by atoms with Gasteiger partial charge in [0.1, 0.15) is 11.3 Å². The number of aromatic hydroxyl groups is 1. The fourth-order valence-electron chi connectivity index (χ4n) is 1.92. The van der Waals surface area contributed by atoms with E-state index < -0.39 is 17.3 Å². The van der Waals surface area contributed by atoms with Gasteiger partial charge in [0.2, 0.25) is 5.91 Å². The number of phenols is 1. The zero-order valence-corrected chi connectivity index (χ0v) is 10.5. The summed E-state index contributed by atoms with van der Waals surface area (Å²) in [5, 5.41) is 20.9. The van der Waals surface area contributed by atoms with Crippen molar-refractivity contribution >= 4 is 17.6 Å². The first-order valence-electron chi connectivity index (χ1n) is 5.99. The monoisotopic (exact) mass is 264 g/mol. The number of nitrogens with two attached hydrogens (primary N) is 1. The van der Waals surface area contributed by atoms with Crippen molar-refractivity contribution in [3.05, 3.63) is 23.8 Å². The number of hydrogen-bond donors (Lipinski definition) is 4. The Labute approximate surface area is 110 Å². The Bertz CT molecular complexity index is 535. The third kappa shape index (κ3) is 2.68. The molecule has 1 unspecified atom stereocenters. The van der Waals surface area contributed by atoms with E-state index in [0.29, 0.717) is 5.69 Å². The Morgan fingerprint density at radius 3 is 2.53 bits per heavy atom. The molecule has 1 atom stereocenters. The first-order valence-corrected chi connectivity index (χ1v) is 5.99. The highest BCUT2D eigenvalue weighted by molar-refractivity contribution is 5.99. The minimum absolute atomic E-state index is 0.180. The van der Waals surface area contributed by atoms with Gasteiger partial charge in [-0.05, 0) is 37.8 Å². The van der Waals surface area contributed by atoms with Crippen LogP contribution in [0, 0.1) is 5.92 Å². The molecule has 0 aromatic heterocycles. The number of nitrogens with one attached hydrogen (secondary N) is 1. The van der Waals surface area contributed by atoms with Crippen LogP contribution in [0.15, 0.2) is 18.2 Å². The van der Waals surface area contributed by atoms with Crippen LogP contribution in [0.3, 0.4) is 0 Å². The quantitative estimate of drug-likeness (QED) is 0.651. The Hall–Kier alpha value is -2.08. The normalized spacial score (nSPS) is 17.6. The molecule has 1 aromatic carbocycles. The first kappa shape index (κ1) is 13.4. The van der Waals surface area contributed by atoms with Gasteiger partial charge in [0, 0.05) is 11.8 Å². The van der Waals surface area contributed by atoms with Gasteiger partial charge >= 0.3 is 5.97 Å². The van der Waals surface area contributed by atoms with E-state index in [1.54, 1.807) is 6.92 Å². The molecule has 1 saturated carbocycles. The van der Waals surface area contributed by atoms with Gasteiger partial charge in [-0.1, -0.05) is 0 Å². The fourth-order valence-corrected chi connectivity index (χ4v) is 1.92. The van der Waals surface area contributed by atoms with Crippen LogP contribution in [0.1, 0.15) is 30.1 Å². The lowest BCUT2D eigenvalue weighted by Crippen LogP contribution is -2.50. The van der Waals surface area contributed by atoms with Crippen molar-refractivity contribution < 1.29 is 19.8 Å². The molecule has 6 nitrogen and oxygen atoms in total. The van der Waals surface area contributed by atoms with Gasteiger partial charge < -0.3 is 21.3 Å². The van der Waals surface area contributed by atoms with Crippen LogP contribution in [-0.4, -0.2) is 27.6 Å². The van der Waals surface area contributed by atoms with Gasteiger partial charge in [-0.2, -0.15) is 0 Å². The molecule has 0 heterocycles. The van der Waals surface area contributed by atoms with Crippen molar-refractivity contribution in [2.24, 2.45) is 11.7 Å². The maximum absolute atomic E-state index is 12.0. The summed E-state index contributed by atoms with van der Waals surface area (Å²) in [6, 6.07) is 3.85. The van der Waals surface area contributed by atoms with Gasteiger partial charge in [0.05, 0.1) is 5.54 Å². The van der Waals surface area contributed by atoms with E-state index in [0.717, 1.165) is 12.8 Å². The largest absolute Gasteiger partial charge is 0.507 e. The van der Waals surface area contributed by atoms with Crippen molar-refractivity contribution in [1.29, 1.82) is 0 Å². The minimum atomic E-state index is -1.22. The number of carbonyl (C=O) groups excluding carboxylic acids is 1. The molecule has 0 radical (unpaired) electrons. The minimum Gasteiger partial charge on any atom is -0.507 e. The van der Waals surface area contributed by atoms with Gasteiger partial charge in [0.15, 0.2) is 0 Å². The molecule has 1 aliphatic rings. The molecule has 0 bridgehead atoms. The summed E-state index contributed by atoms with van der Waals surface area (Å²) in [6.07, 6.45) is 1.87. The van der Waals surface area contributed by atoms with Crippen LogP contribution < -0.4 is 11.1 Å². The molecule has 6 heteroatoms. The molecule has 5 N–H and O–H groups in total. The van der Waals surface area contributed by atoms with Gasteiger partial charge in [-0.15, -0.1) is 0 Å². The third-order valence-corrected chi connectivity index (χ3v) is 3.40. The highest BCUT2D eigenvalue weighted by Crippen LogP contribution is 2.38. The fraction of sp³-hybridized carbons (Fsp3) is 0.385. The number of carbonyl (C=O) groups is 2. The van der Waals surface area contributed by atoms with Crippen molar-refractivity contribution in [2.75, 3.05) is 5.32 Å². The Morgan fingerprint density at radius 2 is 2.05 bits per heavy atom. The number of aromatic carboxylic acids is 1. The molecule has 1 aliphatic carbocycles. The molecule has 2 rings (SSSR count). The Morgan fingerprint density at radius 1 is 1.42 bits per heavy atom. The summed E-state index contributed by atoms with van der Waals surface area (Å²) in [4.78, 5) is 22.8. The second kappa shape index (κ2) is 4.55. The lowest BCUT2D eigenvalue weighted by atomic mass is 9.96. The zero-order valence-electron chi connectivity index (χ0n) is 10.5. The van der Waals surface area contributed by atoms with Crippen molar-refractivity contribution in [3.63, 3.8) is 0 Å². The summed E-state index contributed by atoms with van der Waals surface area (Å²) in [5.74, 6) is -1.77. The molecular formula is C13H16N2O4. The van der Waals surface area contributed by atoms with Crippen LogP contribution >= 0.6 is 0 Å². The SMILES string of the molecule is CC(N)(C(=O)Nc1ccc(C(=O)O)c(O)c1)C1CC1. The topological polar surface area (TPSA) is 113 Å².